The van der Waals surface area contributed by atoms with E-state index in [4.69, 9.17) is 11.6 Å². The molecule has 0 aromatic heterocycles. The minimum absolute atomic E-state index is 0.0284. The van der Waals surface area contributed by atoms with Gasteiger partial charge in [-0.15, -0.1) is 0 Å². The summed E-state index contributed by atoms with van der Waals surface area (Å²) < 4.78 is 40.0. The van der Waals surface area contributed by atoms with Gasteiger partial charge >= 0.3 is 0 Å². The van der Waals surface area contributed by atoms with Crippen LogP contribution in [0.2, 0.25) is 5.02 Å². The molecule has 0 heterocycles. The van der Waals surface area contributed by atoms with Gasteiger partial charge in [0.15, 0.2) is 0 Å². The molecule has 0 aliphatic heterocycles. The lowest BCUT2D eigenvalue weighted by molar-refractivity contribution is -0.140. The molecular weight excluding hydrogens is 553 g/mol. The monoisotopic (exact) mass is 585 g/mol. The lowest BCUT2D eigenvalue weighted by Gasteiger charge is -2.34. The molecule has 3 aromatic rings. The van der Waals surface area contributed by atoms with Crippen molar-refractivity contribution >= 4 is 39.1 Å². The fourth-order valence-corrected chi connectivity index (χ4v) is 6.04. The summed E-state index contributed by atoms with van der Waals surface area (Å²) in [5, 5.41) is 3.60. The van der Waals surface area contributed by atoms with Crippen LogP contribution in [0.5, 0.6) is 0 Å². The van der Waals surface area contributed by atoms with E-state index in [1.165, 1.54) is 17.0 Å². The van der Waals surface area contributed by atoms with Gasteiger partial charge in [-0.1, -0.05) is 66.9 Å². The van der Waals surface area contributed by atoms with Crippen molar-refractivity contribution < 1.29 is 22.4 Å². The first-order chi connectivity index (χ1) is 19.1. The van der Waals surface area contributed by atoms with Crippen LogP contribution in [0.25, 0.3) is 0 Å². The number of hydrogen-bond donors (Lipinski definition) is 1. The van der Waals surface area contributed by atoms with Crippen molar-refractivity contribution in [2.24, 2.45) is 0 Å². The van der Waals surface area contributed by atoms with Gasteiger partial charge < -0.3 is 10.2 Å². The van der Waals surface area contributed by atoms with Crippen LogP contribution in [0.3, 0.4) is 0 Å². The largest absolute Gasteiger partial charge is 0.352 e. The Bertz CT molecular complexity index is 1410. The number of nitrogens with zero attached hydrogens (tertiary/aromatic N) is 2. The van der Waals surface area contributed by atoms with E-state index >= 15 is 0 Å². The highest BCUT2D eigenvalue weighted by atomic mass is 35.5. The van der Waals surface area contributed by atoms with Crippen LogP contribution in [-0.4, -0.2) is 50.0 Å². The number of halogens is 2. The maximum absolute atomic E-state index is 14.0. The number of benzene rings is 3. The smallest absolute Gasteiger partial charge is 0.244 e. The van der Waals surface area contributed by atoms with Crippen molar-refractivity contribution in [3.8, 4) is 0 Å². The molecule has 10 heteroatoms. The second kappa shape index (κ2) is 13.3. The topological polar surface area (TPSA) is 86.8 Å². The van der Waals surface area contributed by atoms with E-state index in [0.717, 1.165) is 53.9 Å². The van der Waals surface area contributed by atoms with Gasteiger partial charge in [-0.25, -0.2) is 12.8 Å². The quantitative estimate of drug-likeness (QED) is 0.345. The van der Waals surface area contributed by atoms with E-state index in [1.807, 2.05) is 30.3 Å². The average Bonchev–Trinajstić information content (AvgIpc) is 3.43. The van der Waals surface area contributed by atoms with Gasteiger partial charge in [0.05, 0.1) is 11.9 Å². The van der Waals surface area contributed by atoms with Crippen LogP contribution in [0.1, 0.15) is 36.8 Å². The fourth-order valence-electron chi connectivity index (χ4n) is 4.97. The van der Waals surface area contributed by atoms with E-state index in [2.05, 4.69) is 5.32 Å². The van der Waals surface area contributed by atoms with Gasteiger partial charge in [-0.05, 0) is 60.4 Å². The molecule has 0 spiro atoms. The summed E-state index contributed by atoms with van der Waals surface area (Å²) in [6, 6.07) is 20.4. The summed E-state index contributed by atoms with van der Waals surface area (Å²) in [7, 11) is -3.92. The van der Waals surface area contributed by atoms with Crippen LogP contribution in [0.4, 0.5) is 10.1 Å². The molecule has 0 saturated heterocycles. The third-order valence-electron chi connectivity index (χ3n) is 7.01. The van der Waals surface area contributed by atoms with E-state index in [9.17, 15) is 22.4 Å². The molecule has 0 unspecified atom stereocenters. The standard InChI is InChI=1S/C30H33ClFN3O4S/c1-40(38,39)35(27-16-14-25(32)15-17-27)21-29(36)34(20-23-10-7-11-24(31)18-23)28(19-22-8-3-2-4-9-22)30(37)33-26-12-5-6-13-26/h2-4,7-11,14-18,26,28H,5-6,12-13,19-21H2,1H3,(H,33,37)/t28-/m1/s1. The van der Waals surface area contributed by atoms with Gasteiger partial charge in [0.2, 0.25) is 21.8 Å². The first kappa shape index (κ1) is 29.6. The number of carbonyl (C=O) groups excluding carboxylic acids is 2. The molecule has 1 fully saturated rings. The zero-order valence-corrected chi connectivity index (χ0v) is 23.9. The van der Waals surface area contributed by atoms with E-state index in [1.54, 1.807) is 24.3 Å². The fraction of sp³-hybridized carbons (Fsp3) is 0.333. The molecular formula is C30H33ClFN3O4S. The highest BCUT2D eigenvalue weighted by Gasteiger charge is 2.34. The van der Waals surface area contributed by atoms with Gasteiger partial charge in [0, 0.05) is 24.0 Å². The second-order valence-corrected chi connectivity index (χ2v) is 12.4. The predicted molar refractivity (Wildman–Crippen MR) is 155 cm³/mol. The summed E-state index contributed by atoms with van der Waals surface area (Å²) in [6.45, 7) is -0.525. The number of nitrogens with one attached hydrogen (secondary N) is 1. The Labute approximate surface area is 240 Å². The minimum Gasteiger partial charge on any atom is -0.352 e. The maximum Gasteiger partial charge on any atom is 0.244 e. The Hall–Kier alpha value is -3.43. The van der Waals surface area contributed by atoms with Crippen molar-refractivity contribution in [2.45, 2.75) is 50.7 Å². The molecule has 0 bridgehead atoms. The molecule has 1 aliphatic rings. The summed E-state index contributed by atoms with van der Waals surface area (Å²) in [5.74, 6) is -1.39. The highest BCUT2D eigenvalue weighted by Crippen LogP contribution is 2.23. The second-order valence-electron chi connectivity index (χ2n) is 10.1. The van der Waals surface area contributed by atoms with Gasteiger partial charge in [0.25, 0.3) is 0 Å². The van der Waals surface area contributed by atoms with E-state index < -0.39 is 34.3 Å². The number of hydrogen-bond acceptors (Lipinski definition) is 4. The van der Waals surface area contributed by atoms with Crippen LogP contribution in [-0.2, 0) is 32.6 Å². The Morgan fingerprint density at radius 3 is 2.25 bits per heavy atom. The Morgan fingerprint density at radius 1 is 0.975 bits per heavy atom. The SMILES string of the molecule is CS(=O)(=O)N(CC(=O)N(Cc1cccc(Cl)c1)[C@H](Cc1ccccc1)C(=O)NC1CCCC1)c1ccc(F)cc1. The van der Waals surface area contributed by atoms with Crippen molar-refractivity contribution in [1.82, 2.24) is 10.2 Å². The molecule has 1 aliphatic carbocycles. The van der Waals surface area contributed by atoms with Crippen LogP contribution < -0.4 is 9.62 Å². The molecule has 0 radical (unpaired) electrons. The molecule has 1 atom stereocenters. The minimum atomic E-state index is -3.92. The van der Waals surface area contributed by atoms with Gasteiger partial charge in [-0.3, -0.25) is 13.9 Å². The Balaban J connectivity index is 1.72. The van der Waals surface area contributed by atoms with Crippen molar-refractivity contribution in [3.63, 3.8) is 0 Å². The molecule has 1 N–H and O–H groups in total. The van der Waals surface area contributed by atoms with Gasteiger partial charge in [0.1, 0.15) is 18.4 Å². The molecule has 2 amide bonds. The molecule has 212 valence electrons. The van der Waals surface area contributed by atoms with E-state index in [-0.39, 0.29) is 30.6 Å². The lowest BCUT2D eigenvalue weighted by Crippen LogP contribution is -2.54. The number of amides is 2. The molecule has 4 rings (SSSR count). The van der Waals surface area contributed by atoms with Crippen molar-refractivity contribution in [3.05, 3.63) is 101 Å². The number of sulfonamides is 1. The lowest BCUT2D eigenvalue weighted by atomic mass is 10.0. The predicted octanol–water partition coefficient (Wildman–Crippen LogP) is 4.94. The van der Waals surface area contributed by atoms with Crippen molar-refractivity contribution in [2.75, 3.05) is 17.1 Å². The zero-order chi connectivity index (χ0) is 28.7. The Morgan fingerprint density at radius 2 is 1.62 bits per heavy atom. The third-order valence-corrected chi connectivity index (χ3v) is 8.38. The Kier molecular flexibility index (Phi) is 9.81. The summed E-state index contributed by atoms with van der Waals surface area (Å²) in [5.41, 5.74) is 1.70. The number of rotatable bonds is 11. The first-order valence-corrected chi connectivity index (χ1v) is 15.4. The zero-order valence-electron chi connectivity index (χ0n) is 22.3. The highest BCUT2D eigenvalue weighted by molar-refractivity contribution is 7.92. The average molecular weight is 586 g/mol. The number of anilines is 1. The molecule has 1 saturated carbocycles. The van der Waals surface area contributed by atoms with Gasteiger partial charge in [-0.2, -0.15) is 0 Å². The van der Waals surface area contributed by atoms with Crippen LogP contribution in [0, 0.1) is 5.82 Å². The molecule has 3 aromatic carbocycles. The summed E-state index contributed by atoms with van der Waals surface area (Å²) in [6.07, 6.45) is 5.03. The summed E-state index contributed by atoms with van der Waals surface area (Å²) >= 11 is 6.23. The third kappa shape index (κ3) is 8.05. The van der Waals surface area contributed by atoms with Crippen LogP contribution >= 0.6 is 11.6 Å². The number of carbonyl (C=O) groups is 2. The first-order valence-electron chi connectivity index (χ1n) is 13.2. The molecule has 7 nitrogen and oxygen atoms in total. The van der Waals surface area contributed by atoms with Crippen molar-refractivity contribution in [1.29, 1.82) is 0 Å². The van der Waals surface area contributed by atoms with E-state index in [0.29, 0.717) is 10.6 Å². The summed E-state index contributed by atoms with van der Waals surface area (Å²) in [4.78, 5) is 29.2. The maximum atomic E-state index is 14.0. The molecule has 40 heavy (non-hydrogen) atoms. The van der Waals surface area contributed by atoms with Crippen LogP contribution in [0.15, 0.2) is 78.9 Å². The normalized spacial score (nSPS) is 14.5.